The van der Waals surface area contributed by atoms with Crippen molar-refractivity contribution in [3.05, 3.63) is 53.1 Å². The van der Waals surface area contributed by atoms with Crippen LogP contribution in [0.5, 0.6) is 0 Å². The fourth-order valence-electron chi connectivity index (χ4n) is 1.98. The van der Waals surface area contributed by atoms with Crippen LogP contribution in [0.25, 0.3) is 0 Å². The van der Waals surface area contributed by atoms with E-state index in [1.807, 2.05) is 13.0 Å². The first kappa shape index (κ1) is 18.8. The van der Waals surface area contributed by atoms with Crippen LogP contribution in [-0.2, 0) is 10.0 Å². The van der Waals surface area contributed by atoms with E-state index in [0.29, 0.717) is 16.3 Å². The van der Waals surface area contributed by atoms with Gasteiger partial charge in [0.15, 0.2) is 0 Å². The molecule has 0 heterocycles. The molecule has 0 aromatic heterocycles. The summed E-state index contributed by atoms with van der Waals surface area (Å²) in [4.78, 5) is 13.4. The number of anilines is 1. The normalized spacial score (nSPS) is 11.3. The molecule has 0 bridgehead atoms. The first-order chi connectivity index (χ1) is 11.4. The molecule has 1 amide bonds. The van der Waals surface area contributed by atoms with Gasteiger partial charge in [-0.25, -0.2) is 13.1 Å². The highest BCUT2D eigenvalue weighted by Gasteiger charge is 2.14. The molecule has 8 heteroatoms. The lowest BCUT2D eigenvalue weighted by atomic mass is 10.2. The van der Waals surface area contributed by atoms with E-state index in [1.165, 1.54) is 31.3 Å². The van der Waals surface area contributed by atoms with Gasteiger partial charge >= 0.3 is 0 Å². The van der Waals surface area contributed by atoms with Gasteiger partial charge in [-0.1, -0.05) is 18.5 Å². The predicted octanol–water partition coefficient (Wildman–Crippen LogP) is 3.61. The number of halogens is 1. The van der Waals surface area contributed by atoms with E-state index in [9.17, 15) is 13.2 Å². The van der Waals surface area contributed by atoms with Gasteiger partial charge in [0.25, 0.3) is 5.91 Å². The number of thioether (sulfide) groups is 1. The third kappa shape index (κ3) is 4.51. The van der Waals surface area contributed by atoms with Gasteiger partial charge in [0, 0.05) is 15.5 Å². The number of benzene rings is 2. The molecule has 0 aliphatic carbocycles. The number of nitrogens with one attached hydrogen (secondary N) is 2. The lowest BCUT2D eigenvalue weighted by molar-refractivity contribution is 0.102. The molecule has 0 saturated heterocycles. The monoisotopic (exact) mass is 384 g/mol. The van der Waals surface area contributed by atoms with Crippen LogP contribution in [0.4, 0.5) is 5.69 Å². The van der Waals surface area contributed by atoms with Gasteiger partial charge in [0.05, 0.1) is 10.6 Å². The molecule has 2 N–H and O–H groups in total. The lowest BCUT2D eigenvalue weighted by Gasteiger charge is -2.11. The predicted molar refractivity (Wildman–Crippen MR) is 98.5 cm³/mol. The molecule has 0 saturated carbocycles. The minimum absolute atomic E-state index is 0.103. The summed E-state index contributed by atoms with van der Waals surface area (Å²) in [6, 6.07) is 11.0. The smallest absolute Gasteiger partial charge is 0.255 e. The zero-order valence-electron chi connectivity index (χ0n) is 13.2. The van der Waals surface area contributed by atoms with Crippen LogP contribution in [0, 0.1) is 0 Å². The minimum Gasteiger partial charge on any atom is -0.321 e. The molecule has 0 aliphatic heterocycles. The van der Waals surface area contributed by atoms with E-state index >= 15 is 0 Å². The molecule has 24 heavy (non-hydrogen) atoms. The molecule has 5 nitrogen and oxygen atoms in total. The molecule has 0 radical (unpaired) electrons. The molecule has 0 fully saturated rings. The molecule has 128 valence electrons. The van der Waals surface area contributed by atoms with Crippen molar-refractivity contribution in [3.8, 4) is 0 Å². The van der Waals surface area contributed by atoms with Gasteiger partial charge in [-0.2, -0.15) is 0 Å². The van der Waals surface area contributed by atoms with E-state index in [2.05, 4.69) is 10.0 Å². The second kappa shape index (κ2) is 8.02. The summed E-state index contributed by atoms with van der Waals surface area (Å²) < 4.78 is 25.6. The van der Waals surface area contributed by atoms with Gasteiger partial charge in [-0.15, -0.1) is 11.8 Å². The Hall–Kier alpha value is -1.54. The van der Waals surface area contributed by atoms with Gasteiger partial charge in [-0.05, 0) is 55.3 Å². The van der Waals surface area contributed by atoms with Crippen molar-refractivity contribution < 1.29 is 13.2 Å². The number of hydrogen-bond acceptors (Lipinski definition) is 4. The highest BCUT2D eigenvalue weighted by atomic mass is 35.5. The zero-order chi connectivity index (χ0) is 17.7. The Balaban J connectivity index is 2.23. The Morgan fingerprint density at radius 2 is 1.83 bits per heavy atom. The van der Waals surface area contributed by atoms with Crippen molar-refractivity contribution in [2.24, 2.45) is 0 Å². The Morgan fingerprint density at radius 3 is 2.42 bits per heavy atom. The first-order valence-electron chi connectivity index (χ1n) is 7.14. The van der Waals surface area contributed by atoms with Crippen molar-refractivity contribution in [3.63, 3.8) is 0 Å². The molecule has 0 spiro atoms. The first-order valence-corrected chi connectivity index (χ1v) is 9.99. The van der Waals surface area contributed by atoms with E-state index < -0.39 is 10.0 Å². The van der Waals surface area contributed by atoms with E-state index in [0.717, 1.165) is 10.6 Å². The average molecular weight is 385 g/mol. The Labute approximate surface area is 150 Å². The Morgan fingerprint density at radius 1 is 1.17 bits per heavy atom. The van der Waals surface area contributed by atoms with Gasteiger partial charge < -0.3 is 5.32 Å². The van der Waals surface area contributed by atoms with Crippen LogP contribution in [0.2, 0.25) is 5.02 Å². The van der Waals surface area contributed by atoms with Crippen molar-refractivity contribution in [1.29, 1.82) is 0 Å². The molecule has 0 aliphatic rings. The summed E-state index contributed by atoms with van der Waals surface area (Å²) >= 11 is 7.59. The number of sulfonamides is 1. The van der Waals surface area contributed by atoms with E-state index in [1.54, 1.807) is 23.9 Å². The number of carbonyl (C=O) groups excluding carboxylic acids is 1. The number of carbonyl (C=O) groups is 1. The van der Waals surface area contributed by atoms with Crippen LogP contribution in [0.3, 0.4) is 0 Å². The number of amides is 1. The van der Waals surface area contributed by atoms with Crippen LogP contribution < -0.4 is 10.0 Å². The average Bonchev–Trinajstić information content (AvgIpc) is 2.57. The summed E-state index contributed by atoms with van der Waals surface area (Å²) in [6.07, 6.45) is 0. The standard InChI is InChI=1S/C16H17ClN2O3S2/c1-3-23-15-9-6-12(17)10-14(15)19-16(20)11-4-7-13(8-5-11)24(21,22)18-2/h4-10,18H,3H2,1-2H3,(H,19,20). The van der Waals surface area contributed by atoms with Crippen LogP contribution in [0.15, 0.2) is 52.3 Å². The molecular weight excluding hydrogens is 368 g/mol. The molecule has 2 rings (SSSR count). The van der Waals surface area contributed by atoms with Gasteiger partial charge in [0.2, 0.25) is 10.0 Å². The fourth-order valence-corrected chi connectivity index (χ4v) is 3.62. The summed E-state index contributed by atoms with van der Waals surface area (Å²) in [7, 11) is -2.19. The Kier molecular flexibility index (Phi) is 6.28. The maximum atomic E-state index is 12.4. The highest BCUT2D eigenvalue weighted by Crippen LogP contribution is 2.30. The van der Waals surface area contributed by atoms with E-state index in [4.69, 9.17) is 11.6 Å². The second-order valence-corrected chi connectivity index (χ2v) is 8.39. The van der Waals surface area contributed by atoms with Gasteiger partial charge in [0.1, 0.15) is 0 Å². The maximum Gasteiger partial charge on any atom is 0.255 e. The summed E-state index contributed by atoms with van der Waals surface area (Å²) in [5.74, 6) is 0.532. The van der Waals surface area contributed by atoms with Crippen LogP contribution >= 0.6 is 23.4 Å². The van der Waals surface area contributed by atoms with Crippen molar-refractivity contribution in [2.45, 2.75) is 16.7 Å². The molecule has 2 aromatic carbocycles. The minimum atomic E-state index is -3.52. The molecule has 0 unspecified atom stereocenters. The quantitative estimate of drug-likeness (QED) is 0.746. The van der Waals surface area contributed by atoms with Crippen LogP contribution in [0.1, 0.15) is 17.3 Å². The molecule has 2 aromatic rings. The maximum absolute atomic E-state index is 12.4. The Bertz CT molecular complexity index is 837. The lowest BCUT2D eigenvalue weighted by Crippen LogP contribution is -2.19. The summed E-state index contributed by atoms with van der Waals surface area (Å²) in [6.45, 7) is 2.02. The third-order valence-electron chi connectivity index (χ3n) is 3.19. The van der Waals surface area contributed by atoms with E-state index in [-0.39, 0.29) is 10.8 Å². The number of hydrogen-bond donors (Lipinski definition) is 2. The second-order valence-electron chi connectivity index (χ2n) is 4.76. The van der Waals surface area contributed by atoms with Gasteiger partial charge in [-0.3, -0.25) is 4.79 Å². The molecule has 0 atom stereocenters. The van der Waals surface area contributed by atoms with Crippen LogP contribution in [-0.4, -0.2) is 27.1 Å². The van der Waals surface area contributed by atoms with Crippen molar-refractivity contribution in [2.75, 3.05) is 18.1 Å². The fraction of sp³-hybridized carbons (Fsp3) is 0.188. The molecular formula is C16H17ClN2O3S2. The zero-order valence-corrected chi connectivity index (χ0v) is 15.6. The topological polar surface area (TPSA) is 75.3 Å². The van der Waals surface area contributed by atoms with Crippen molar-refractivity contribution >= 4 is 45.0 Å². The summed E-state index contributed by atoms with van der Waals surface area (Å²) in [5, 5.41) is 3.34. The van der Waals surface area contributed by atoms with Crippen molar-refractivity contribution in [1.82, 2.24) is 4.72 Å². The third-order valence-corrected chi connectivity index (χ3v) is 5.81. The largest absolute Gasteiger partial charge is 0.321 e. The SMILES string of the molecule is CCSc1ccc(Cl)cc1NC(=O)c1ccc(S(=O)(=O)NC)cc1. The highest BCUT2D eigenvalue weighted by molar-refractivity contribution is 7.99. The number of rotatable bonds is 6. The summed E-state index contributed by atoms with van der Waals surface area (Å²) in [5.41, 5.74) is 0.990.